The Bertz CT molecular complexity index is 820. The van der Waals surface area contributed by atoms with Crippen LogP contribution in [0.3, 0.4) is 0 Å². The zero-order valence-electron chi connectivity index (χ0n) is 11.7. The zero-order valence-corrected chi connectivity index (χ0v) is 12.5. The van der Waals surface area contributed by atoms with Crippen molar-refractivity contribution in [3.63, 3.8) is 0 Å². The van der Waals surface area contributed by atoms with E-state index in [0.29, 0.717) is 12.2 Å². The van der Waals surface area contributed by atoms with Crippen molar-refractivity contribution in [2.24, 2.45) is 0 Å². The van der Waals surface area contributed by atoms with E-state index < -0.39 is 0 Å². The number of urea groups is 1. The van der Waals surface area contributed by atoms with Crippen LogP contribution in [0.2, 0.25) is 5.15 Å². The molecule has 0 aliphatic carbocycles. The van der Waals surface area contributed by atoms with E-state index in [4.69, 9.17) is 11.6 Å². The number of nitrogens with zero attached hydrogens (tertiary/aromatic N) is 1. The highest BCUT2D eigenvalue weighted by atomic mass is 35.5. The first kappa shape index (κ1) is 14.4. The van der Waals surface area contributed by atoms with Gasteiger partial charge in [-0.3, -0.25) is 0 Å². The summed E-state index contributed by atoms with van der Waals surface area (Å²) in [5.41, 5.74) is 1.52. The minimum absolute atomic E-state index is 0.267. The molecule has 0 atom stereocenters. The number of aromatic nitrogens is 1. The fourth-order valence-electron chi connectivity index (χ4n) is 2.18. The van der Waals surface area contributed by atoms with Crippen molar-refractivity contribution in [2.75, 3.05) is 5.32 Å². The molecule has 2 aromatic carbocycles. The number of carbonyl (C=O) groups is 1. The third-order valence-corrected chi connectivity index (χ3v) is 3.58. The highest BCUT2D eigenvalue weighted by Gasteiger charge is 2.05. The van der Waals surface area contributed by atoms with E-state index in [1.807, 2.05) is 30.3 Å². The van der Waals surface area contributed by atoms with Crippen molar-refractivity contribution in [3.05, 3.63) is 71.5 Å². The number of carbonyl (C=O) groups excluding carboxylic acids is 1. The maximum Gasteiger partial charge on any atom is 0.319 e. The lowest BCUT2D eigenvalue weighted by molar-refractivity contribution is 0.251. The lowest BCUT2D eigenvalue weighted by Crippen LogP contribution is -2.28. The Morgan fingerprint density at radius 1 is 1.05 bits per heavy atom. The number of pyridine rings is 1. The Labute approximate surface area is 133 Å². The minimum Gasteiger partial charge on any atom is -0.334 e. The van der Waals surface area contributed by atoms with E-state index in [-0.39, 0.29) is 11.2 Å². The molecule has 0 aliphatic rings. The molecule has 0 aliphatic heterocycles. The number of hydrogen-bond donors (Lipinski definition) is 2. The molecule has 110 valence electrons. The van der Waals surface area contributed by atoms with Gasteiger partial charge in [-0.25, -0.2) is 9.78 Å². The summed E-state index contributed by atoms with van der Waals surface area (Å²) in [6.45, 7) is 0.439. The summed E-state index contributed by atoms with van der Waals surface area (Å²) in [6.07, 6.45) is 1.57. The summed E-state index contributed by atoms with van der Waals surface area (Å²) in [5.74, 6) is 0. The molecule has 0 bridgehead atoms. The van der Waals surface area contributed by atoms with Crippen LogP contribution in [0, 0.1) is 0 Å². The van der Waals surface area contributed by atoms with E-state index >= 15 is 0 Å². The molecule has 0 unspecified atom stereocenters. The average molecular weight is 312 g/mol. The highest BCUT2D eigenvalue weighted by molar-refractivity contribution is 6.32. The zero-order chi connectivity index (χ0) is 15.4. The van der Waals surface area contributed by atoms with Crippen molar-refractivity contribution in [2.45, 2.75) is 6.54 Å². The summed E-state index contributed by atoms with van der Waals surface area (Å²) in [4.78, 5) is 15.8. The second-order valence-corrected chi connectivity index (χ2v) is 5.19. The van der Waals surface area contributed by atoms with Crippen LogP contribution in [0.4, 0.5) is 10.5 Å². The number of amides is 2. The lowest BCUT2D eigenvalue weighted by atomic mass is 10.1. The standard InChI is InChI=1S/C17H14ClN3O/c18-16-15(6-3-9-19-16)21-17(22)20-11-12-7-8-13-4-1-2-5-14(13)10-12/h1-10H,11H2,(H2,20,21,22). The number of halogens is 1. The van der Waals surface area contributed by atoms with Crippen LogP contribution in [0.15, 0.2) is 60.8 Å². The Hall–Kier alpha value is -2.59. The van der Waals surface area contributed by atoms with Gasteiger partial charge in [-0.1, -0.05) is 48.0 Å². The quantitative estimate of drug-likeness (QED) is 0.712. The van der Waals surface area contributed by atoms with Gasteiger partial charge in [0.05, 0.1) is 5.69 Å². The van der Waals surface area contributed by atoms with Gasteiger partial charge in [0, 0.05) is 12.7 Å². The number of hydrogen-bond acceptors (Lipinski definition) is 2. The molecule has 22 heavy (non-hydrogen) atoms. The van der Waals surface area contributed by atoms with Crippen LogP contribution < -0.4 is 10.6 Å². The van der Waals surface area contributed by atoms with Crippen molar-refractivity contribution in [3.8, 4) is 0 Å². The molecule has 0 fully saturated rings. The summed E-state index contributed by atoms with van der Waals surface area (Å²) < 4.78 is 0. The van der Waals surface area contributed by atoms with Gasteiger partial charge >= 0.3 is 6.03 Å². The van der Waals surface area contributed by atoms with Crippen LogP contribution in [0.1, 0.15) is 5.56 Å². The predicted octanol–water partition coefficient (Wildman–Crippen LogP) is 4.21. The topological polar surface area (TPSA) is 54.0 Å². The predicted molar refractivity (Wildman–Crippen MR) is 89.1 cm³/mol. The molecule has 3 aromatic rings. The molecule has 1 heterocycles. The number of fused-ring (bicyclic) bond motifs is 1. The SMILES string of the molecule is O=C(NCc1ccc2ccccc2c1)Nc1cccnc1Cl. The van der Waals surface area contributed by atoms with Gasteiger partial charge in [0.15, 0.2) is 5.15 Å². The molecular weight excluding hydrogens is 298 g/mol. The lowest BCUT2D eigenvalue weighted by Gasteiger charge is -2.09. The van der Waals surface area contributed by atoms with E-state index in [2.05, 4.69) is 27.8 Å². The number of benzene rings is 2. The van der Waals surface area contributed by atoms with Crippen LogP contribution >= 0.6 is 11.6 Å². The molecule has 2 amide bonds. The smallest absolute Gasteiger partial charge is 0.319 e. The van der Waals surface area contributed by atoms with E-state index in [1.54, 1.807) is 18.3 Å². The van der Waals surface area contributed by atoms with Crippen LogP contribution in [0.25, 0.3) is 10.8 Å². The van der Waals surface area contributed by atoms with Gasteiger partial charge in [-0.15, -0.1) is 0 Å². The van der Waals surface area contributed by atoms with E-state index in [0.717, 1.165) is 10.9 Å². The number of nitrogens with one attached hydrogen (secondary N) is 2. The second kappa shape index (κ2) is 6.45. The number of rotatable bonds is 3. The third-order valence-electron chi connectivity index (χ3n) is 3.27. The maximum atomic E-state index is 11.9. The molecular formula is C17H14ClN3O. The van der Waals surface area contributed by atoms with Crippen molar-refractivity contribution >= 4 is 34.1 Å². The first-order chi connectivity index (χ1) is 10.7. The van der Waals surface area contributed by atoms with Gasteiger partial charge < -0.3 is 10.6 Å². The molecule has 0 saturated carbocycles. The molecule has 0 spiro atoms. The first-order valence-electron chi connectivity index (χ1n) is 6.85. The van der Waals surface area contributed by atoms with Gasteiger partial charge in [0.1, 0.15) is 0 Å². The average Bonchev–Trinajstić information content (AvgIpc) is 2.55. The summed E-state index contributed by atoms with van der Waals surface area (Å²) in [7, 11) is 0. The number of anilines is 1. The minimum atomic E-state index is -0.317. The van der Waals surface area contributed by atoms with Crippen molar-refractivity contribution < 1.29 is 4.79 Å². The molecule has 5 heteroatoms. The Balaban J connectivity index is 1.63. The molecule has 0 saturated heterocycles. The van der Waals surface area contributed by atoms with Crippen LogP contribution in [-0.4, -0.2) is 11.0 Å². The van der Waals surface area contributed by atoms with Gasteiger partial charge in [0.25, 0.3) is 0 Å². The molecule has 0 radical (unpaired) electrons. The summed E-state index contributed by atoms with van der Waals surface area (Å²) in [6, 6.07) is 17.3. The van der Waals surface area contributed by atoms with Crippen LogP contribution in [-0.2, 0) is 6.54 Å². The summed E-state index contributed by atoms with van der Waals surface area (Å²) >= 11 is 5.90. The van der Waals surface area contributed by atoms with E-state index in [9.17, 15) is 4.79 Å². The van der Waals surface area contributed by atoms with E-state index in [1.165, 1.54) is 5.39 Å². The van der Waals surface area contributed by atoms with Crippen molar-refractivity contribution in [1.29, 1.82) is 0 Å². The first-order valence-corrected chi connectivity index (χ1v) is 7.23. The maximum absolute atomic E-state index is 11.9. The molecule has 1 aromatic heterocycles. The second-order valence-electron chi connectivity index (χ2n) is 4.83. The monoisotopic (exact) mass is 311 g/mol. The van der Waals surface area contributed by atoms with Gasteiger partial charge in [-0.05, 0) is 34.5 Å². The Morgan fingerprint density at radius 3 is 2.68 bits per heavy atom. The van der Waals surface area contributed by atoms with Crippen LogP contribution in [0.5, 0.6) is 0 Å². The fraction of sp³-hybridized carbons (Fsp3) is 0.0588. The Morgan fingerprint density at radius 2 is 1.86 bits per heavy atom. The molecule has 4 nitrogen and oxygen atoms in total. The largest absolute Gasteiger partial charge is 0.334 e. The van der Waals surface area contributed by atoms with Crippen molar-refractivity contribution in [1.82, 2.24) is 10.3 Å². The van der Waals surface area contributed by atoms with Gasteiger partial charge in [-0.2, -0.15) is 0 Å². The highest BCUT2D eigenvalue weighted by Crippen LogP contribution is 2.17. The summed E-state index contributed by atoms with van der Waals surface area (Å²) in [5, 5.41) is 8.07. The van der Waals surface area contributed by atoms with Gasteiger partial charge in [0.2, 0.25) is 0 Å². The Kier molecular flexibility index (Phi) is 4.21. The molecule has 2 N–H and O–H groups in total. The normalized spacial score (nSPS) is 10.4. The fourth-order valence-corrected chi connectivity index (χ4v) is 2.34. The third kappa shape index (κ3) is 3.35. The molecule has 3 rings (SSSR count).